The lowest BCUT2D eigenvalue weighted by atomic mass is 9.81. The van der Waals surface area contributed by atoms with Gasteiger partial charge in [0.05, 0.1) is 30.2 Å². The molecule has 8 nitrogen and oxygen atoms in total. The monoisotopic (exact) mass is 508 g/mol. The number of aryl methyl sites for hydroxylation is 1. The number of hydrogen-bond acceptors (Lipinski definition) is 5. The largest absolute Gasteiger partial charge is 0.497 e. The van der Waals surface area contributed by atoms with Gasteiger partial charge in [0.15, 0.2) is 17.5 Å². The molecule has 0 unspecified atom stereocenters. The quantitative estimate of drug-likeness (QED) is 0.382. The highest BCUT2D eigenvalue weighted by Crippen LogP contribution is 2.45. The Kier molecular flexibility index (Phi) is 5.50. The zero-order chi connectivity index (χ0) is 25.8. The van der Waals surface area contributed by atoms with Crippen molar-refractivity contribution in [2.75, 3.05) is 7.11 Å². The number of carbonyl (C=O) groups excluding carboxylic acids is 1. The second kappa shape index (κ2) is 8.75. The summed E-state index contributed by atoms with van der Waals surface area (Å²) in [6, 6.07) is 8.76. The van der Waals surface area contributed by atoms with Crippen LogP contribution in [0.1, 0.15) is 47.2 Å². The minimum Gasteiger partial charge on any atom is -0.497 e. The minimum atomic E-state index is -1.51. The van der Waals surface area contributed by atoms with Crippen molar-refractivity contribution in [3.63, 3.8) is 0 Å². The fraction of sp³-hybridized carbons (Fsp3) is 0.308. The van der Waals surface area contributed by atoms with E-state index in [1.54, 1.807) is 29.8 Å². The molecule has 190 valence electrons. The van der Waals surface area contributed by atoms with Crippen molar-refractivity contribution in [2.45, 2.75) is 37.8 Å². The minimum absolute atomic E-state index is 0.0713. The Balaban J connectivity index is 1.35. The summed E-state index contributed by atoms with van der Waals surface area (Å²) in [5, 5.41) is 9.08. The molecular formula is C26H23F3N6O2. The molecule has 2 aliphatic rings. The predicted molar refractivity (Wildman–Crippen MR) is 127 cm³/mol. The van der Waals surface area contributed by atoms with Crippen molar-refractivity contribution in [2.24, 2.45) is 7.05 Å². The van der Waals surface area contributed by atoms with Gasteiger partial charge in [-0.15, -0.1) is 5.10 Å². The van der Waals surface area contributed by atoms with Crippen molar-refractivity contribution < 1.29 is 22.7 Å². The van der Waals surface area contributed by atoms with Gasteiger partial charge in [-0.25, -0.2) is 22.8 Å². The van der Waals surface area contributed by atoms with E-state index < -0.39 is 17.5 Å². The Hall–Kier alpha value is -4.15. The van der Waals surface area contributed by atoms with E-state index >= 15 is 0 Å². The molecular weight excluding hydrogens is 485 g/mol. The van der Waals surface area contributed by atoms with Crippen LogP contribution in [0.2, 0.25) is 0 Å². The van der Waals surface area contributed by atoms with Gasteiger partial charge in [-0.1, -0.05) is 6.07 Å². The number of aromatic nitrogens is 5. The van der Waals surface area contributed by atoms with Crippen LogP contribution in [0.3, 0.4) is 0 Å². The lowest BCUT2D eigenvalue weighted by molar-refractivity contribution is 0.0379. The van der Waals surface area contributed by atoms with Crippen LogP contribution in [-0.4, -0.2) is 48.5 Å². The summed E-state index contributed by atoms with van der Waals surface area (Å²) >= 11 is 0. The number of nitrogens with zero attached hydrogens (tertiary/aromatic N) is 6. The molecule has 4 aromatic rings. The molecule has 0 spiro atoms. The maximum Gasteiger partial charge on any atom is 0.294 e. The Bertz CT molecular complexity index is 1510. The third-order valence-electron chi connectivity index (χ3n) is 7.17. The van der Waals surface area contributed by atoms with Crippen LogP contribution < -0.4 is 4.74 Å². The number of carbonyl (C=O) groups is 1. The number of piperidine rings is 1. The van der Waals surface area contributed by atoms with Gasteiger partial charge in [-0.3, -0.25) is 9.48 Å². The zero-order valence-corrected chi connectivity index (χ0v) is 20.2. The van der Waals surface area contributed by atoms with Gasteiger partial charge < -0.3 is 9.64 Å². The SMILES string of the molecule is COc1cccc(-n2cnc(C(=O)N3[C@@H]4CCC[C@H]3c3nn(C)c(-c5cc(F)c(F)c(F)c5)c3C4)n2)c1. The molecule has 0 saturated carbocycles. The van der Waals surface area contributed by atoms with Crippen LogP contribution in [0.5, 0.6) is 5.75 Å². The summed E-state index contributed by atoms with van der Waals surface area (Å²) in [5.74, 6) is -3.58. The van der Waals surface area contributed by atoms with E-state index in [2.05, 4.69) is 15.2 Å². The van der Waals surface area contributed by atoms with Crippen molar-refractivity contribution >= 4 is 5.91 Å². The third-order valence-corrected chi connectivity index (χ3v) is 7.17. The van der Waals surface area contributed by atoms with Crippen LogP contribution in [0.15, 0.2) is 42.7 Å². The van der Waals surface area contributed by atoms with Gasteiger partial charge >= 0.3 is 0 Å². The normalized spacial score (nSPS) is 18.6. The van der Waals surface area contributed by atoms with Crippen molar-refractivity contribution in [3.05, 3.63) is 77.3 Å². The van der Waals surface area contributed by atoms with Crippen molar-refractivity contribution in [3.8, 4) is 22.7 Å². The molecule has 2 aliphatic heterocycles. The number of rotatable bonds is 4. The summed E-state index contributed by atoms with van der Waals surface area (Å²) in [4.78, 5) is 19.7. The van der Waals surface area contributed by atoms with E-state index in [9.17, 15) is 18.0 Å². The summed E-state index contributed by atoms with van der Waals surface area (Å²) in [6.45, 7) is 0. The molecule has 0 radical (unpaired) electrons. The fourth-order valence-corrected chi connectivity index (χ4v) is 5.56. The molecule has 1 fully saturated rings. The van der Waals surface area contributed by atoms with Gasteiger partial charge in [0.25, 0.3) is 5.91 Å². The average molecular weight is 509 g/mol. The first-order chi connectivity index (χ1) is 17.9. The Morgan fingerprint density at radius 2 is 1.86 bits per heavy atom. The standard InChI is InChI=1S/C26H23F3N6O2/c1-33-24(14-9-19(27)22(29)20(28)10-14)18-12-16-6-4-8-21(23(18)31-33)35(16)26(36)25-30-13-34(32-25)15-5-3-7-17(11-15)37-2/h3,5,7,9-11,13,16,21H,4,6,8,12H2,1-2H3/t16-,21+/m1/s1. The second-order valence-electron chi connectivity index (χ2n) is 9.32. The zero-order valence-electron chi connectivity index (χ0n) is 20.2. The van der Waals surface area contributed by atoms with Crippen molar-refractivity contribution in [1.29, 1.82) is 0 Å². The van der Waals surface area contributed by atoms with E-state index in [1.807, 2.05) is 18.2 Å². The summed E-state index contributed by atoms with van der Waals surface area (Å²) in [6.07, 6.45) is 4.31. The molecule has 11 heteroatoms. The van der Waals surface area contributed by atoms with Gasteiger partial charge in [-0.05, 0) is 49.9 Å². The highest BCUT2D eigenvalue weighted by atomic mass is 19.2. The van der Waals surface area contributed by atoms with Crippen LogP contribution in [-0.2, 0) is 13.5 Å². The molecule has 6 rings (SSSR count). The number of amides is 1. The molecule has 1 amide bonds. The lowest BCUT2D eigenvalue weighted by Gasteiger charge is -2.44. The molecule has 1 saturated heterocycles. The van der Waals surface area contributed by atoms with E-state index in [0.29, 0.717) is 35.7 Å². The fourth-order valence-electron chi connectivity index (χ4n) is 5.56. The summed E-state index contributed by atoms with van der Waals surface area (Å²) < 4.78 is 50.0. The van der Waals surface area contributed by atoms with Gasteiger partial charge in [0.2, 0.25) is 5.82 Å². The number of benzene rings is 2. The summed E-state index contributed by atoms with van der Waals surface area (Å²) in [7, 11) is 3.26. The predicted octanol–water partition coefficient (Wildman–Crippen LogP) is 4.39. The number of fused-ring (bicyclic) bond motifs is 4. The molecule has 0 aliphatic carbocycles. The highest BCUT2D eigenvalue weighted by molar-refractivity contribution is 5.91. The van der Waals surface area contributed by atoms with E-state index in [1.165, 1.54) is 11.0 Å². The van der Waals surface area contributed by atoms with Gasteiger partial charge in [0.1, 0.15) is 12.1 Å². The van der Waals surface area contributed by atoms with Crippen molar-refractivity contribution in [1.82, 2.24) is 29.4 Å². The molecule has 2 atom stereocenters. The first kappa shape index (κ1) is 23.3. The molecule has 2 aromatic heterocycles. The summed E-state index contributed by atoms with van der Waals surface area (Å²) in [5.41, 5.74) is 2.95. The third kappa shape index (κ3) is 3.76. The molecule has 2 bridgehead atoms. The average Bonchev–Trinajstić information content (AvgIpc) is 3.51. The Labute approximate surface area is 210 Å². The molecule has 2 aromatic carbocycles. The smallest absolute Gasteiger partial charge is 0.294 e. The van der Waals surface area contributed by atoms with Crippen LogP contribution in [0, 0.1) is 17.5 Å². The molecule has 4 heterocycles. The van der Waals surface area contributed by atoms with Gasteiger partial charge in [0, 0.05) is 30.3 Å². The topological polar surface area (TPSA) is 78.1 Å². The van der Waals surface area contributed by atoms with E-state index in [0.717, 1.165) is 30.5 Å². The maximum atomic E-state index is 14.0. The number of halogens is 3. The highest BCUT2D eigenvalue weighted by Gasteiger charge is 2.44. The van der Waals surface area contributed by atoms with E-state index in [4.69, 9.17) is 4.74 Å². The first-order valence-corrected chi connectivity index (χ1v) is 11.9. The number of ether oxygens (including phenoxy) is 1. The van der Waals surface area contributed by atoms with Crippen LogP contribution >= 0.6 is 0 Å². The Morgan fingerprint density at radius 1 is 1.08 bits per heavy atom. The van der Waals surface area contributed by atoms with Crippen LogP contribution in [0.25, 0.3) is 16.9 Å². The van der Waals surface area contributed by atoms with Gasteiger partial charge in [-0.2, -0.15) is 5.10 Å². The first-order valence-electron chi connectivity index (χ1n) is 11.9. The second-order valence-corrected chi connectivity index (χ2v) is 9.32. The Morgan fingerprint density at radius 3 is 2.62 bits per heavy atom. The number of methoxy groups -OCH3 is 1. The van der Waals surface area contributed by atoms with Crippen LogP contribution in [0.4, 0.5) is 13.2 Å². The van der Waals surface area contributed by atoms with E-state index in [-0.39, 0.29) is 29.4 Å². The molecule has 0 N–H and O–H groups in total. The lowest BCUT2D eigenvalue weighted by Crippen LogP contribution is -2.50. The number of hydrogen-bond donors (Lipinski definition) is 0. The maximum absolute atomic E-state index is 14.0. The molecule has 37 heavy (non-hydrogen) atoms.